The zero-order valence-corrected chi connectivity index (χ0v) is 13.2. The fourth-order valence-corrected chi connectivity index (χ4v) is 2.54. The maximum Gasteiger partial charge on any atom is 0.253 e. The minimum atomic E-state index is -0.180. The summed E-state index contributed by atoms with van der Waals surface area (Å²) in [6.45, 7) is 2.30. The molecule has 2 rings (SSSR count). The Balaban J connectivity index is 2.04. The lowest BCUT2D eigenvalue weighted by Gasteiger charge is -2.17. The number of halogens is 1. The molecule has 5 heteroatoms. The average Bonchev–Trinajstić information content (AvgIpc) is 2.52. The molecule has 0 saturated heterocycles. The number of rotatable bonds is 6. The van der Waals surface area contributed by atoms with Gasteiger partial charge in [-0.3, -0.25) is 4.79 Å². The summed E-state index contributed by atoms with van der Waals surface area (Å²) in [5.41, 5.74) is 2.21. The van der Waals surface area contributed by atoms with Crippen molar-refractivity contribution >= 4 is 17.5 Å². The minimum absolute atomic E-state index is 0.0794. The summed E-state index contributed by atoms with van der Waals surface area (Å²) in [5, 5.41) is 12.5. The van der Waals surface area contributed by atoms with E-state index in [0.29, 0.717) is 29.4 Å². The summed E-state index contributed by atoms with van der Waals surface area (Å²) in [6.07, 6.45) is 0.599. The van der Waals surface area contributed by atoms with Gasteiger partial charge in [-0.2, -0.15) is 0 Å². The number of carbonyl (C=O) groups is 1. The van der Waals surface area contributed by atoms with E-state index in [4.69, 9.17) is 11.6 Å². The minimum Gasteiger partial charge on any atom is -0.396 e. The second-order valence-corrected chi connectivity index (χ2v) is 5.48. The van der Waals surface area contributed by atoms with Crippen LogP contribution in [0.1, 0.15) is 34.0 Å². The molecule has 1 aromatic heterocycles. The third-order valence-electron chi connectivity index (χ3n) is 3.55. The number of aliphatic hydroxyl groups is 1. The van der Waals surface area contributed by atoms with Crippen molar-refractivity contribution in [1.29, 1.82) is 0 Å². The maximum atomic E-state index is 12.3. The molecule has 1 amide bonds. The van der Waals surface area contributed by atoms with Gasteiger partial charge in [-0.15, -0.1) is 0 Å². The van der Waals surface area contributed by atoms with Crippen LogP contribution in [0.4, 0.5) is 0 Å². The van der Waals surface area contributed by atoms with E-state index >= 15 is 0 Å². The molecule has 4 nitrogen and oxygen atoms in total. The molecule has 1 heterocycles. The molecule has 1 atom stereocenters. The lowest BCUT2D eigenvalue weighted by Crippen LogP contribution is -2.29. The molecule has 0 aliphatic rings. The maximum absolute atomic E-state index is 12.3. The van der Waals surface area contributed by atoms with Crippen LogP contribution in [-0.2, 0) is 0 Å². The van der Waals surface area contributed by atoms with Crippen molar-refractivity contribution in [2.75, 3.05) is 13.2 Å². The highest BCUT2D eigenvalue weighted by atomic mass is 35.5. The predicted molar refractivity (Wildman–Crippen MR) is 87.2 cm³/mol. The average molecular weight is 319 g/mol. The van der Waals surface area contributed by atoms with Crippen LogP contribution in [0.5, 0.6) is 0 Å². The highest BCUT2D eigenvalue weighted by Gasteiger charge is 2.15. The van der Waals surface area contributed by atoms with Crippen molar-refractivity contribution in [3.05, 3.63) is 64.4 Å². The Labute approximate surface area is 135 Å². The lowest BCUT2D eigenvalue weighted by molar-refractivity contribution is 0.0948. The van der Waals surface area contributed by atoms with Gasteiger partial charge in [0.25, 0.3) is 5.91 Å². The molecule has 22 heavy (non-hydrogen) atoms. The second kappa shape index (κ2) is 7.92. The van der Waals surface area contributed by atoms with E-state index in [0.717, 1.165) is 5.56 Å². The Morgan fingerprint density at radius 1 is 1.27 bits per heavy atom. The molecular formula is C17H19ClN2O2. The number of aryl methyl sites for hydroxylation is 1. The first-order valence-electron chi connectivity index (χ1n) is 7.19. The monoisotopic (exact) mass is 318 g/mol. The molecule has 1 unspecified atom stereocenters. The fourth-order valence-electron chi connectivity index (χ4n) is 2.35. The third kappa shape index (κ3) is 4.29. The molecule has 0 saturated carbocycles. The Hall–Kier alpha value is -1.91. The standard InChI is InChI=1S/C17H19ClN2O2/c1-12-15(7-8-16(18)20-12)17(22)19-11-14(9-10-21)13-5-3-2-4-6-13/h2-8,14,21H,9-11H2,1H3,(H,19,22). The van der Waals surface area contributed by atoms with Crippen molar-refractivity contribution in [2.24, 2.45) is 0 Å². The molecule has 2 aromatic rings. The topological polar surface area (TPSA) is 62.2 Å². The Morgan fingerprint density at radius 2 is 2.00 bits per heavy atom. The molecule has 0 fully saturated rings. The molecule has 0 aliphatic heterocycles. The van der Waals surface area contributed by atoms with Gasteiger partial charge < -0.3 is 10.4 Å². The van der Waals surface area contributed by atoms with E-state index in [1.807, 2.05) is 30.3 Å². The number of benzene rings is 1. The van der Waals surface area contributed by atoms with Crippen molar-refractivity contribution < 1.29 is 9.90 Å². The molecule has 2 N–H and O–H groups in total. The van der Waals surface area contributed by atoms with Gasteiger partial charge in [0, 0.05) is 19.1 Å². The number of nitrogens with one attached hydrogen (secondary N) is 1. The predicted octanol–water partition coefficient (Wildman–Crippen LogP) is 2.94. The number of hydrogen-bond acceptors (Lipinski definition) is 3. The van der Waals surface area contributed by atoms with Crippen LogP contribution in [0.15, 0.2) is 42.5 Å². The zero-order chi connectivity index (χ0) is 15.9. The highest BCUT2D eigenvalue weighted by Crippen LogP contribution is 2.18. The van der Waals surface area contributed by atoms with Gasteiger partial charge in [0.1, 0.15) is 5.15 Å². The van der Waals surface area contributed by atoms with Gasteiger partial charge in [-0.1, -0.05) is 41.9 Å². The molecular weight excluding hydrogens is 300 g/mol. The number of aliphatic hydroxyl groups excluding tert-OH is 1. The quantitative estimate of drug-likeness (QED) is 0.805. The van der Waals surface area contributed by atoms with Crippen molar-refractivity contribution in [3.8, 4) is 0 Å². The largest absolute Gasteiger partial charge is 0.396 e. The van der Waals surface area contributed by atoms with Gasteiger partial charge >= 0.3 is 0 Å². The second-order valence-electron chi connectivity index (χ2n) is 5.10. The summed E-state index contributed by atoms with van der Waals surface area (Å²) in [7, 11) is 0. The van der Waals surface area contributed by atoms with Crippen LogP contribution in [0.2, 0.25) is 5.15 Å². The zero-order valence-electron chi connectivity index (χ0n) is 12.4. The summed E-state index contributed by atoms with van der Waals surface area (Å²) >= 11 is 5.80. The number of nitrogens with zero attached hydrogens (tertiary/aromatic N) is 1. The summed E-state index contributed by atoms with van der Waals surface area (Å²) in [4.78, 5) is 16.3. The van der Waals surface area contributed by atoms with Crippen LogP contribution < -0.4 is 5.32 Å². The van der Waals surface area contributed by atoms with Crippen LogP contribution in [0, 0.1) is 6.92 Å². The lowest BCUT2D eigenvalue weighted by atomic mass is 9.96. The van der Waals surface area contributed by atoms with Gasteiger partial charge in [-0.25, -0.2) is 4.98 Å². The molecule has 1 aromatic carbocycles. The molecule has 0 bridgehead atoms. The van der Waals surface area contributed by atoms with Gasteiger partial charge in [0.15, 0.2) is 0 Å². The van der Waals surface area contributed by atoms with Crippen molar-refractivity contribution in [3.63, 3.8) is 0 Å². The Bertz CT molecular complexity index is 632. The highest BCUT2D eigenvalue weighted by molar-refractivity contribution is 6.29. The number of hydrogen-bond donors (Lipinski definition) is 2. The van der Waals surface area contributed by atoms with Crippen LogP contribution in [0.3, 0.4) is 0 Å². The normalized spacial score (nSPS) is 12.0. The van der Waals surface area contributed by atoms with Crippen LogP contribution in [0.25, 0.3) is 0 Å². The number of amides is 1. The summed E-state index contributed by atoms with van der Waals surface area (Å²) in [6, 6.07) is 13.1. The molecule has 0 spiro atoms. The van der Waals surface area contributed by atoms with Crippen molar-refractivity contribution in [2.45, 2.75) is 19.3 Å². The van der Waals surface area contributed by atoms with E-state index in [9.17, 15) is 9.90 Å². The third-order valence-corrected chi connectivity index (χ3v) is 3.76. The summed E-state index contributed by atoms with van der Waals surface area (Å²) < 4.78 is 0. The van der Waals surface area contributed by atoms with E-state index in [-0.39, 0.29) is 18.4 Å². The first-order valence-corrected chi connectivity index (χ1v) is 7.56. The molecule has 116 valence electrons. The van der Waals surface area contributed by atoms with Gasteiger partial charge in [0.2, 0.25) is 0 Å². The fraction of sp³-hybridized carbons (Fsp3) is 0.294. The van der Waals surface area contributed by atoms with Crippen LogP contribution >= 0.6 is 11.6 Å². The first-order chi connectivity index (χ1) is 10.6. The van der Waals surface area contributed by atoms with E-state index in [1.54, 1.807) is 19.1 Å². The SMILES string of the molecule is Cc1nc(Cl)ccc1C(=O)NCC(CCO)c1ccccc1. The number of aromatic nitrogens is 1. The first kappa shape index (κ1) is 16.5. The van der Waals surface area contributed by atoms with Crippen LogP contribution in [-0.4, -0.2) is 29.1 Å². The number of carbonyl (C=O) groups excluding carboxylic acids is 1. The van der Waals surface area contributed by atoms with Crippen molar-refractivity contribution in [1.82, 2.24) is 10.3 Å². The van der Waals surface area contributed by atoms with E-state index in [2.05, 4.69) is 10.3 Å². The molecule has 0 aliphatic carbocycles. The van der Waals surface area contributed by atoms with E-state index < -0.39 is 0 Å². The summed E-state index contributed by atoms with van der Waals surface area (Å²) in [5.74, 6) is -0.101. The Morgan fingerprint density at radius 3 is 2.64 bits per heavy atom. The number of pyridine rings is 1. The Kier molecular flexibility index (Phi) is 5.92. The van der Waals surface area contributed by atoms with Gasteiger partial charge in [-0.05, 0) is 31.0 Å². The molecule has 0 radical (unpaired) electrons. The van der Waals surface area contributed by atoms with Gasteiger partial charge in [0.05, 0.1) is 11.3 Å². The van der Waals surface area contributed by atoms with E-state index in [1.165, 1.54) is 0 Å². The smallest absolute Gasteiger partial charge is 0.253 e.